The van der Waals surface area contributed by atoms with Gasteiger partial charge >= 0.3 is 0 Å². The molecule has 0 radical (unpaired) electrons. The van der Waals surface area contributed by atoms with Gasteiger partial charge in [0.25, 0.3) is 11.6 Å². The highest BCUT2D eigenvalue weighted by molar-refractivity contribution is 5.98. The molecule has 0 bridgehead atoms. The van der Waals surface area contributed by atoms with E-state index in [2.05, 4.69) is 12.2 Å². The van der Waals surface area contributed by atoms with Crippen LogP contribution < -0.4 is 5.32 Å². The number of phenols is 1. The Morgan fingerprint density at radius 2 is 2.05 bits per heavy atom. The van der Waals surface area contributed by atoms with E-state index in [9.17, 15) is 20.0 Å². The van der Waals surface area contributed by atoms with Crippen molar-refractivity contribution in [3.63, 3.8) is 0 Å². The van der Waals surface area contributed by atoms with Crippen LogP contribution in [-0.2, 0) is 0 Å². The van der Waals surface area contributed by atoms with Crippen LogP contribution in [0.1, 0.15) is 43.0 Å². The molecule has 0 heterocycles. The summed E-state index contributed by atoms with van der Waals surface area (Å²) in [5.41, 5.74) is -0.383. The molecular weight excluding hydrogens is 272 g/mol. The van der Waals surface area contributed by atoms with Crippen molar-refractivity contribution in [2.75, 3.05) is 6.54 Å². The Labute approximate surface area is 123 Å². The highest BCUT2D eigenvalue weighted by atomic mass is 16.6. The molecule has 1 amide bonds. The molecule has 0 atom stereocenters. The maximum Gasteiger partial charge on any atom is 0.282 e. The van der Waals surface area contributed by atoms with Crippen molar-refractivity contribution in [3.05, 3.63) is 33.9 Å². The zero-order chi connectivity index (χ0) is 15.4. The molecule has 6 heteroatoms. The molecule has 1 aromatic rings. The minimum absolute atomic E-state index is 0.0934. The fraction of sp³-hybridized carbons (Fsp3) is 0.533. The molecule has 0 aliphatic heterocycles. The van der Waals surface area contributed by atoms with E-state index < -0.39 is 10.8 Å². The summed E-state index contributed by atoms with van der Waals surface area (Å²) in [7, 11) is 0. The lowest BCUT2D eigenvalue weighted by atomic mass is 9.83. The molecule has 0 saturated heterocycles. The van der Waals surface area contributed by atoms with Gasteiger partial charge in [0.1, 0.15) is 11.3 Å². The van der Waals surface area contributed by atoms with Crippen LogP contribution >= 0.6 is 0 Å². The van der Waals surface area contributed by atoms with Crippen molar-refractivity contribution < 1.29 is 14.8 Å². The molecule has 1 aliphatic carbocycles. The number of nitro groups is 1. The predicted octanol–water partition coefficient (Wildman–Crippen LogP) is 2.86. The minimum Gasteiger partial charge on any atom is -0.508 e. The third-order valence-electron chi connectivity index (χ3n) is 4.11. The first kappa shape index (κ1) is 15.3. The highest BCUT2D eigenvalue weighted by Crippen LogP contribution is 2.28. The molecule has 1 aromatic carbocycles. The molecule has 2 N–H and O–H groups in total. The van der Waals surface area contributed by atoms with E-state index in [1.54, 1.807) is 0 Å². The summed E-state index contributed by atoms with van der Waals surface area (Å²) in [6.45, 7) is 2.75. The van der Waals surface area contributed by atoms with Crippen LogP contribution in [0, 0.1) is 22.0 Å². The predicted molar refractivity (Wildman–Crippen MR) is 78.2 cm³/mol. The second-order valence-electron chi connectivity index (χ2n) is 5.79. The van der Waals surface area contributed by atoms with Gasteiger partial charge < -0.3 is 10.4 Å². The van der Waals surface area contributed by atoms with Crippen molar-refractivity contribution in [2.45, 2.75) is 32.6 Å². The van der Waals surface area contributed by atoms with E-state index in [4.69, 9.17) is 0 Å². The van der Waals surface area contributed by atoms with Crippen LogP contribution in [0.3, 0.4) is 0 Å². The van der Waals surface area contributed by atoms with E-state index in [-0.39, 0.29) is 17.0 Å². The zero-order valence-electron chi connectivity index (χ0n) is 12.0. The SMILES string of the molecule is CC1CCC(CNC(=O)c2cc(O)ccc2[N+](=O)[O-])CC1. The largest absolute Gasteiger partial charge is 0.508 e. The highest BCUT2D eigenvalue weighted by Gasteiger charge is 2.23. The van der Waals surface area contributed by atoms with Gasteiger partial charge in [0, 0.05) is 12.6 Å². The lowest BCUT2D eigenvalue weighted by Crippen LogP contribution is -2.31. The summed E-state index contributed by atoms with van der Waals surface area (Å²) in [6.07, 6.45) is 4.47. The molecule has 0 spiro atoms. The average molecular weight is 292 g/mol. The molecule has 0 aromatic heterocycles. The first-order valence-electron chi connectivity index (χ1n) is 7.23. The molecule has 0 unspecified atom stereocenters. The number of carbonyl (C=O) groups excluding carboxylic acids is 1. The summed E-state index contributed by atoms with van der Waals surface area (Å²) < 4.78 is 0. The Balaban J connectivity index is 2.00. The number of benzene rings is 1. The Hall–Kier alpha value is -2.11. The average Bonchev–Trinajstić information content (AvgIpc) is 2.46. The van der Waals surface area contributed by atoms with Crippen molar-refractivity contribution >= 4 is 11.6 Å². The maximum absolute atomic E-state index is 12.1. The topological polar surface area (TPSA) is 92.5 Å². The number of nitrogens with zero attached hydrogens (tertiary/aromatic N) is 1. The van der Waals surface area contributed by atoms with Crippen molar-refractivity contribution in [1.82, 2.24) is 5.32 Å². The normalized spacial score (nSPS) is 21.8. The molecular formula is C15H20N2O4. The molecule has 1 saturated carbocycles. The number of hydrogen-bond acceptors (Lipinski definition) is 4. The summed E-state index contributed by atoms with van der Waals surface area (Å²) in [4.78, 5) is 22.4. The standard InChI is InChI=1S/C15H20N2O4/c1-10-2-4-11(5-3-10)9-16-15(19)13-8-12(18)6-7-14(13)17(20)21/h6-8,10-11,18H,2-5,9H2,1H3,(H,16,19). The Morgan fingerprint density at radius 3 is 2.67 bits per heavy atom. The summed E-state index contributed by atoms with van der Waals surface area (Å²) in [5, 5.41) is 23.1. The van der Waals surface area contributed by atoms with Crippen molar-refractivity contribution in [2.24, 2.45) is 11.8 Å². The lowest BCUT2D eigenvalue weighted by Gasteiger charge is -2.26. The molecule has 114 valence electrons. The monoisotopic (exact) mass is 292 g/mol. The quantitative estimate of drug-likeness (QED) is 0.659. The number of amides is 1. The summed E-state index contributed by atoms with van der Waals surface area (Å²) in [5.74, 6) is 0.513. The molecule has 21 heavy (non-hydrogen) atoms. The fourth-order valence-electron chi connectivity index (χ4n) is 2.73. The number of nitro benzene ring substituents is 1. The zero-order valence-corrected chi connectivity index (χ0v) is 12.0. The van der Waals surface area contributed by atoms with Crippen LogP contribution in [0.2, 0.25) is 0 Å². The van der Waals surface area contributed by atoms with E-state index in [1.165, 1.54) is 6.07 Å². The van der Waals surface area contributed by atoms with Gasteiger partial charge in [0.05, 0.1) is 4.92 Å². The van der Waals surface area contributed by atoms with Gasteiger partial charge in [-0.1, -0.05) is 19.8 Å². The van der Waals surface area contributed by atoms with Crippen LogP contribution in [0.25, 0.3) is 0 Å². The molecule has 2 rings (SSSR count). The Bertz CT molecular complexity index is 536. The Morgan fingerprint density at radius 1 is 1.38 bits per heavy atom. The van der Waals surface area contributed by atoms with Crippen LogP contribution in [0.4, 0.5) is 5.69 Å². The number of aromatic hydroxyl groups is 1. The molecule has 1 fully saturated rings. The van der Waals surface area contributed by atoms with Gasteiger partial charge in [0.2, 0.25) is 0 Å². The van der Waals surface area contributed by atoms with Crippen LogP contribution in [0.15, 0.2) is 18.2 Å². The van der Waals surface area contributed by atoms with Gasteiger partial charge in [-0.25, -0.2) is 0 Å². The van der Waals surface area contributed by atoms with Gasteiger partial charge in [-0.05, 0) is 36.8 Å². The Kier molecular flexibility index (Phi) is 4.77. The van der Waals surface area contributed by atoms with Crippen molar-refractivity contribution in [3.8, 4) is 5.75 Å². The summed E-state index contributed by atoms with van der Waals surface area (Å²) >= 11 is 0. The fourth-order valence-corrected chi connectivity index (χ4v) is 2.73. The lowest BCUT2D eigenvalue weighted by molar-refractivity contribution is -0.385. The number of phenolic OH excluding ortho intramolecular Hbond substituents is 1. The second kappa shape index (κ2) is 6.56. The number of carbonyl (C=O) groups is 1. The van der Waals surface area contributed by atoms with E-state index in [1.807, 2.05) is 0 Å². The van der Waals surface area contributed by atoms with E-state index >= 15 is 0 Å². The third-order valence-corrected chi connectivity index (χ3v) is 4.11. The number of hydrogen-bond donors (Lipinski definition) is 2. The number of nitrogens with one attached hydrogen (secondary N) is 1. The summed E-state index contributed by atoms with van der Waals surface area (Å²) in [6, 6.07) is 3.49. The smallest absolute Gasteiger partial charge is 0.282 e. The van der Waals surface area contributed by atoms with Gasteiger partial charge in [-0.2, -0.15) is 0 Å². The van der Waals surface area contributed by atoms with Crippen LogP contribution in [-0.4, -0.2) is 22.5 Å². The van der Waals surface area contributed by atoms with Gasteiger partial charge in [-0.3, -0.25) is 14.9 Å². The first-order chi connectivity index (χ1) is 9.97. The minimum atomic E-state index is -0.614. The number of rotatable bonds is 4. The van der Waals surface area contributed by atoms with Crippen molar-refractivity contribution in [1.29, 1.82) is 0 Å². The second-order valence-corrected chi connectivity index (χ2v) is 5.79. The third kappa shape index (κ3) is 3.93. The maximum atomic E-state index is 12.1. The van der Waals surface area contributed by atoms with Gasteiger partial charge in [-0.15, -0.1) is 0 Å². The van der Waals surface area contributed by atoms with E-state index in [0.717, 1.165) is 43.7 Å². The van der Waals surface area contributed by atoms with Crippen LogP contribution in [0.5, 0.6) is 5.75 Å². The molecule has 6 nitrogen and oxygen atoms in total. The molecule has 1 aliphatic rings. The first-order valence-corrected chi connectivity index (χ1v) is 7.23. The van der Waals surface area contributed by atoms with Gasteiger partial charge in [0.15, 0.2) is 0 Å². The van der Waals surface area contributed by atoms with E-state index in [0.29, 0.717) is 12.5 Å².